The van der Waals surface area contributed by atoms with Gasteiger partial charge < -0.3 is 19.5 Å². The van der Waals surface area contributed by atoms with Crippen molar-refractivity contribution in [3.63, 3.8) is 0 Å². The van der Waals surface area contributed by atoms with E-state index in [2.05, 4.69) is 18.9 Å². The molecule has 1 N–H and O–H groups in total. The molecule has 0 spiro atoms. The van der Waals surface area contributed by atoms with Gasteiger partial charge in [-0.1, -0.05) is 13.0 Å². The fourth-order valence-corrected chi connectivity index (χ4v) is 2.11. The summed E-state index contributed by atoms with van der Waals surface area (Å²) in [5, 5.41) is 9.23. The van der Waals surface area contributed by atoms with E-state index in [9.17, 15) is 5.11 Å². The lowest BCUT2D eigenvalue weighted by atomic mass is 10.1. The third kappa shape index (κ3) is 4.73. The molecule has 1 atom stereocenters. The number of aliphatic hydroxyl groups is 1. The number of methoxy groups -OCH3 is 2. The monoisotopic (exact) mass is 267 g/mol. The van der Waals surface area contributed by atoms with Gasteiger partial charge in [-0.2, -0.15) is 0 Å². The number of nitrogens with zero attached hydrogens (tertiary/aromatic N) is 1. The zero-order chi connectivity index (χ0) is 14.3. The normalized spacial score (nSPS) is 12.5. The number of hydrogen-bond acceptors (Lipinski definition) is 4. The number of ether oxygens (including phenoxy) is 2. The molecule has 108 valence electrons. The molecule has 0 aromatic heterocycles. The molecule has 1 unspecified atom stereocenters. The van der Waals surface area contributed by atoms with Crippen LogP contribution >= 0.6 is 0 Å². The lowest BCUT2D eigenvalue weighted by molar-refractivity contribution is 0.173. The van der Waals surface area contributed by atoms with Gasteiger partial charge in [0.25, 0.3) is 0 Å². The summed E-state index contributed by atoms with van der Waals surface area (Å²) in [5.74, 6) is 1.84. The molecule has 0 aliphatic carbocycles. The number of benzene rings is 1. The summed E-state index contributed by atoms with van der Waals surface area (Å²) in [6.07, 6.45) is 0.993. The first-order valence-electron chi connectivity index (χ1n) is 6.64. The van der Waals surface area contributed by atoms with Crippen LogP contribution in [0.2, 0.25) is 0 Å². The lowest BCUT2D eigenvalue weighted by Crippen LogP contribution is -2.27. The number of rotatable bonds is 8. The van der Waals surface area contributed by atoms with Crippen molar-refractivity contribution in [1.29, 1.82) is 0 Å². The largest absolute Gasteiger partial charge is 0.493 e. The lowest BCUT2D eigenvalue weighted by Gasteiger charge is -2.22. The number of hydrogen-bond donors (Lipinski definition) is 1. The Morgan fingerprint density at radius 1 is 1.21 bits per heavy atom. The molecular formula is C15H25NO3. The average molecular weight is 267 g/mol. The van der Waals surface area contributed by atoms with Gasteiger partial charge in [-0.25, -0.2) is 0 Å². The van der Waals surface area contributed by atoms with E-state index in [1.165, 1.54) is 5.56 Å². The highest BCUT2D eigenvalue weighted by Gasteiger charge is 2.10. The van der Waals surface area contributed by atoms with Crippen molar-refractivity contribution < 1.29 is 14.6 Å². The Bertz CT molecular complexity index is 378. The molecule has 4 nitrogen and oxygen atoms in total. The minimum Gasteiger partial charge on any atom is -0.493 e. The van der Waals surface area contributed by atoms with Crippen molar-refractivity contribution in [2.45, 2.75) is 19.9 Å². The molecule has 0 aliphatic heterocycles. The van der Waals surface area contributed by atoms with Crippen LogP contribution < -0.4 is 9.47 Å². The highest BCUT2D eigenvalue weighted by molar-refractivity contribution is 5.42. The van der Waals surface area contributed by atoms with Crippen LogP contribution in [0.4, 0.5) is 0 Å². The van der Waals surface area contributed by atoms with E-state index >= 15 is 0 Å². The predicted octanol–water partition coefficient (Wildman–Crippen LogP) is 2.15. The Labute approximate surface area is 115 Å². The predicted molar refractivity (Wildman–Crippen MR) is 76.7 cm³/mol. The van der Waals surface area contributed by atoms with E-state index in [0.29, 0.717) is 5.92 Å². The van der Waals surface area contributed by atoms with Crippen LogP contribution in [0.15, 0.2) is 18.2 Å². The third-order valence-electron chi connectivity index (χ3n) is 3.31. The molecule has 4 heteroatoms. The zero-order valence-corrected chi connectivity index (χ0v) is 12.3. The van der Waals surface area contributed by atoms with Gasteiger partial charge in [-0.15, -0.1) is 0 Å². The quantitative estimate of drug-likeness (QED) is 0.783. The van der Waals surface area contributed by atoms with E-state index in [4.69, 9.17) is 9.47 Å². The van der Waals surface area contributed by atoms with Crippen LogP contribution in [0.1, 0.15) is 18.9 Å². The van der Waals surface area contributed by atoms with Gasteiger partial charge in [-0.3, -0.25) is 0 Å². The van der Waals surface area contributed by atoms with Crippen molar-refractivity contribution in [3.05, 3.63) is 23.8 Å². The molecule has 0 radical (unpaired) electrons. The van der Waals surface area contributed by atoms with Gasteiger partial charge >= 0.3 is 0 Å². The maximum absolute atomic E-state index is 9.23. The molecule has 0 saturated heterocycles. The van der Waals surface area contributed by atoms with Gasteiger partial charge in [-0.05, 0) is 37.1 Å². The molecule has 1 aromatic rings. The molecule has 0 heterocycles. The highest BCUT2D eigenvalue weighted by atomic mass is 16.5. The molecule has 0 amide bonds. The Morgan fingerprint density at radius 3 is 2.42 bits per heavy atom. The van der Waals surface area contributed by atoms with Crippen molar-refractivity contribution in [2.24, 2.45) is 5.92 Å². The minimum absolute atomic E-state index is 0.243. The molecule has 19 heavy (non-hydrogen) atoms. The minimum atomic E-state index is 0.243. The molecular weight excluding hydrogens is 242 g/mol. The van der Waals surface area contributed by atoms with Crippen LogP contribution in [0.25, 0.3) is 0 Å². The van der Waals surface area contributed by atoms with E-state index in [-0.39, 0.29) is 6.61 Å². The van der Waals surface area contributed by atoms with Gasteiger partial charge in [0.15, 0.2) is 11.5 Å². The first kappa shape index (κ1) is 15.8. The molecule has 1 aromatic carbocycles. The first-order valence-corrected chi connectivity index (χ1v) is 6.64. The van der Waals surface area contributed by atoms with Gasteiger partial charge in [0.2, 0.25) is 0 Å². The molecule has 0 saturated carbocycles. The van der Waals surface area contributed by atoms with E-state index in [1.54, 1.807) is 14.2 Å². The van der Waals surface area contributed by atoms with Gasteiger partial charge in [0.1, 0.15) is 0 Å². The van der Waals surface area contributed by atoms with Gasteiger partial charge in [0, 0.05) is 19.7 Å². The Kier molecular flexibility index (Phi) is 6.67. The summed E-state index contributed by atoms with van der Waals surface area (Å²) in [7, 11) is 5.34. The second-order valence-corrected chi connectivity index (χ2v) is 4.84. The zero-order valence-electron chi connectivity index (χ0n) is 12.3. The first-order chi connectivity index (χ1) is 9.14. The fourth-order valence-electron chi connectivity index (χ4n) is 2.11. The van der Waals surface area contributed by atoms with Crippen LogP contribution in [0.3, 0.4) is 0 Å². The fraction of sp³-hybridized carbons (Fsp3) is 0.600. The average Bonchev–Trinajstić information content (AvgIpc) is 2.44. The maximum Gasteiger partial charge on any atom is 0.161 e. The summed E-state index contributed by atoms with van der Waals surface area (Å²) < 4.78 is 10.5. The van der Waals surface area contributed by atoms with Crippen LogP contribution in [0, 0.1) is 5.92 Å². The summed E-state index contributed by atoms with van der Waals surface area (Å²) >= 11 is 0. The standard InChI is InChI=1S/C15H25NO3/c1-5-12(11-17)9-16(2)10-13-6-7-14(18-3)15(8-13)19-4/h6-8,12,17H,5,9-11H2,1-4H3. The summed E-state index contributed by atoms with van der Waals surface area (Å²) in [6, 6.07) is 5.96. The Balaban J connectivity index is 2.66. The van der Waals surface area contributed by atoms with E-state index in [0.717, 1.165) is 31.0 Å². The summed E-state index contributed by atoms with van der Waals surface area (Å²) in [4.78, 5) is 2.21. The van der Waals surface area contributed by atoms with E-state index in [1.807, 2.05) is 18.2 Å². The topological polar surface area (TPSA) is 41.9 Å². The SMILES string of the molecule is CCC(CO)CN(C)Cc1ccc(OC)c(OC)c1. The van der Waals surface area contributed by atoms with E-state index < -0.39 is 0 Å². The van der Waals surface area contributed by atoms with Gasteiger partial charge in [0.05, 0.1) is 14.2 Å². The van der Waals surface area contributed by atoms with Crippen molar-refractivity contribution in [1.82, 2.24) is 4.90 Å². The van der Waals surface area contributed by atoms with Crippen LogP contribution in [-0.4, -0.2) is 44.4 Å². The molecule has 0 fully saturated rings. The van der Waals surface area contributed by atoms with Crippen LogP contribution in [-0.2, 0) is 6.54 Å². The third-order valence-corrected chi connectivity index (χ3v) is 3.31. The second-order valence-electron chi connectivity index (χ2n) is 4.84. The molecule has 0 bridgehead atoms. The maximum atomic E-state index is 9.23. The van der Waals surface area contributed by atoms with Crippen LogP contribution in [0.5, 0.6) is 11.5 Å². The van der Waals surface area contributed by atoms with Crippen molar-refractivity contribution in [3.8, 4) is 11.5 Å². The molecule has 1 rings (SSSR count). The summed E-state index contributed by atoms with van der Waals surface area (Å²) in [6.45, 7) is 4.07. The summed E-state index contributed by atoms with van der Waals surface area (Å²) in [5.41, 5.74) is 1.17. The van der Waals surface area contributed by atoms with Crippen molar-refractivity contribution >= 4 is 0 Å². The second kappa shape index (κ2) is 8.02. The molecule has 0 aliphatic rings. The number of aliphatic hydroxyl groups excluding tert-OH is 1. The Hall–Kier alpha value is -1.26. The van der Waals surface area contributed by atoms with Crippen molar-refractivity contribution in [2.75, 3.05) is 34.4 Å². The smallest absolute Gasteiger partial charge is 0.161 e. The highest BCUT2D eigenvalue weighted by Crippen LogP contribution is 2.27. The Morgan fingerprint density at radius 2 is 1.89 bits per heavy atom.